The lowest BCUT2D eigenvalue weighted by molar-refractivity contribution is 0.298. The number of rotatable bonds is 3. The number of aromatic nitrogens is 1. The number of hydrogen-bond donors (Lipinski definition) is 1. The fourth-order valence-electron chi connectivity index (χ4n) is 1.12. The molecule has 0 aliphatic carbocycles. The third-order valence-corrected chi connectivity index (χ3v) is 1.71. The molecule has 0 aliphatic rings. The van der Waals surface area contributed by atoms with Crippen molar-refractivity contribution in [2.45, 2.75) is 19.8 Å². The minimum absolute atomic E-state index is 0.185. The molecule has 1 rings (SSSR count). The molecule has 1 heterocycles. The van der Waals surface area contributed by atoms with E-state index in [9.17, 15) is 0 Å². The number of pyridine rings is 1. The minimum atomic E-state index is 0.185. The fraction of sp³-hybridized carbons (Fsp3) is 0.444. The Morgan fingerprint density at radius 2 is 2.36 bits per heavy atom. The average molecular weight is 151 g/mol. The predicted octanol–water partition coefficient (Wildman–Crippen LogP) is 1.18. The van der Waals surface area contributed by atoms with Gasteiger partial charge in [0.15, 0.2) is 0 Å². The van der Waals surface area contributed by atoms with Gasteiger partial charge >= 0.3 is 0 Å². The molecule has 0 saturated heterocycles. The number of aliphatic hydroxyl groups excluding tert-OH is 1. The third kappa shape index (κ3) is 2.02. The lowest BCUT2D eigenvalue weighted by Gasteiger charge is -2.02. The zero-order valence-corrected chi connectivity index (χ0v) is 6.75. The summed E-state index contributed by atoms with van der Waals surface area (Å²) in [6, 6.07) is 3.98. The molecule has 0 amide bonds. The van der Waals surface area contributed by atoms with Crippen molar-refractivity contribution in [3.8, 4) is 0 Å². The Morgan fingerprint density at radius 1 is 1.55 bits per heavy atom. The summed E-state index contributed by atoms with van der Waals surface area (Å²) in [5, 5.41) is 8.70. The fourth-order valence-corrected chi connectivity index (χ4v) is 1.12. The Morgan fingerprint density at radius 3 is 3.00 bits per heavy atom. The van der Waals surface area contributed by atoms with Gasteiger partial charge in [-0.25, -0.2) is 0 Å². The lowest BCUT2D eigenvalue weighted by Crippen LogP contribution is -1.98. The van der Waals surface area contributed by atoms with E-state index in [-0.39, 0.29) is 6.61 Å². The van der Waals surface area contributed by atoms with Crippen LogP contribution in [0.15, 0.2) is 18.3 Å². The van der Waals surface area contributed by atoms with Crippen LogP contribution in [0.4, 0.5) is 0 Å². The van der Waals surface area contributed by atoms with E-state index in [0.717, 1.165) is 12.1 Å². The van der Waals surface area contributed by atoms with Crippen LogP contribution in [-0.2, 0) is 12.8 Å². The average Bonchev–Trinajstić information content (AvgIpc) is 2.06. The van der Waals surface area contributed by atoms with Crippen LogP contribution in [0.5, 0.6) is 0 Å². The Kier molecular flexibility index (Phi) is 3.05. The molecule has 0 radical (unpaired) electrons. The molecule has 0 atom stereocenters. The molecule has 1 aromatic heterocycles. The molecular weight excluding hydrogens is 138 g/mol. The summed E-state index contributed by atoms with van der Waals surface area (Å²) in [7, 11) is 0. The molecule has 0 unspecified atom stereocenters. The number of aliphatic hydroxyl groups is 1. The molecule has 0 fully saturated rings. The van der Waals surface area contributed by atoms with E-state index in [2.05, 4.69) is 18.0 Å². The number of aryl methyl sites for hydroxylation is 1. The Bertz CT molecular complexity index is 223. The Hall–Kier alpha value is -0.890. The van der Waals surface area contributed by atoms with Gasteiger partial charge in [-0.05, 0) is 18.1 Å². The van der Waals surface area contributed by atoms with Crippen molar-refractivity contribution >= 4 is 0 Å². The lowest BCUT2D eigenvalue weighted by atomic mass is 10.1. The van der Waals surface area contributed by atoms with Crippen molar-refractivity contribution in [2.24, 2.45) is 0 Å². The number of nitrogens with zero attached hydrogens (tertiary/aromatic N) is 1. The standard InChI is InChI=1S/C9H13NO/c1-2-8-4-3-6-10-9(8)5-7-11/h3-4,6,11H,2,5,7H2,1H3. The van der Waals surface area contributed by atoms with Crippen LogP contribution in [0, 0.1) is 0 Å². The smallest absolute Gasteiger partial charge is 0.0486 e. The van der Waals surface area contributed by atoms with Crippen LogP contribution in [0.25, 0.3) is 0 Å². The van der Waals surface area contributed by atoms with E-state index >= 15 is 0 Å². The van der Waals surface area contributed by atoms with E-state index in [0.29, 0.717) is 6.42 Å². The quantitative estimate of drug-likeness (QED) is 0.703. The third-order valence-electron chi connectivity index (χ3n) is 1.71. The van der Waals surface area contributed by atoms with Crippen LogP contribution >= 0.6 is 0 Å². The molecule has 2 heteroatoms. The molecule has 1 N–H and O–H groups in total. The van der Waals surface area contributed by atoms with Crippen molar-refractivity contribution in [1.29, 1.82) is 0 Å². The molecule has 11 heavy (non-hydrogen) atoms. The first-order valence-electron chi connectivity index (χ1n) is 3.92. The van der Waals surface area contributed by atoms with Gasteiger partial charge in [0.05, 0.1) is 0 Å². The predicted molar refractivity (Wildman–Crippen MR) is 44.4 cm³/mol. The van der Waals surface area contributed by atoms with Gasteiger partial charge in [-0.3, -0.25) is 4.98 Å². The van der Waals surface area contributed by atoms with Gasteiger partial charge in [0, 0.05) is 24.9 Å². The largest absolute Gasteiger partial charge is 0.396 e. The Labute approximate surface area is 66.9 Å². The van der Waals surface area contributed by atoms with Gasteiger partial charge in [-0.15, -0.1) is 0 Å². The van der Waals surface area contributed by atoms with Crippen LogP contribution in [0.3, 0.4) is 0 Å². The van der Waals surface area contributed by atoms with Crippen LogP contribution in [-0.4, -0.2) is 16.7 Å². The van der Waals surface area contributed by atoms with Crippen LogP contribution in [0.2, 0.25) is 0 Å². The second-order valence-corrected chi connectivity index (χ2v) is 2.44. The molecule has 0 aliphatic heterocycles. The maximum absolute atomic E-state index is 8.70. The second-order valence-electron chi connectivity index (χ2n) is 2.44. The van der Waals surface area contributed by atoms with E-state index in [1.54, 1.807) is 6.20 Å². The molecule has 0 saturated carbocycles. The zero-order chi connectivity index (χ0) is 8.10. The monoisotopic (exact) mass is 151 g/mol. The summed E-state index contributed by atoms with van der Waals surface area (Å²) in [6.07, 6.45) is 3.43. The van der Waals surface area contributed by atoms with Gasteiger partial charge < -0.3 is 5.11 Å². The summed E-state index contributed by atoms with van der Waals surface area (Å²) in [5.41, 5.74) is 2.26. The summed E-state index contributed by atoms with van der Waals surface area (Å²) >= 11 is 0. The highest BCUT2D eigenvalue weighted by Crippen LogP contribution is 2.05. The normalized spacial score (nSPS) is 10.0. The van der Waals surface area contributed by atoms with Crippen molar-refractivity contribution in [2.75, 3.05) is 6.61 Å². The summed E-state index contributed by atoms with van der Waals surface area (Å²) in [6.45, 7) is 2.28. The Balaban J connectivity index is 2.83. The van der Waals surface area contributed by atoms with Gasteiger partial charge in [0.25, 0.3) is 0 Å². The first-order valence-corrected chi connectivity index (χ1v) is 3.92. The SMILES string of the molecule is CCc1cccnc1CCO. The summed E-state index contributed by atoms with van der Waals surface area (Å²) in [4.78, 5) is 4.18. The van der Waals surface area contributed by atoms with Gasteiger partial charge in [-0.2, -0.15) is 0 Å². The van der Waals surface area contributed by atoms with E-state index in [1.807, 2.05) is 6.07 Å². The summed E-state index contributed by atoms with van der Waals surface area (Å²) < 4.78 is 0. The van der Waals surface area contributed by atoms with Crippen molar-refractivity contribution < 1.29 is 5.11 Å². The number of hydrogen-bond acceptors (Lipinski definition) is 2. The topological polar surface area (TPSA) is 33.1 Å². The highest BCUT2D eigenvalue weighted by Gasteiger charge is 1.98. The van der Waals surface area contributed by atoms with E-state index < -0.39 is 0 Å². The highest BCUT2D eigenvalue weighted by atomic mass is 16.3. The van der Waals surface area contributed by atoms with Crippen molar-refractivity contribution in [1.82, 2.24) is 4.98 Å². The molecular formula is C9H13NO. The molecule has 2 nitrogen and oxygen atoms in total. The molecule has 60 valence electrons. The van der Waals surface area contributed by atoms with E-state index in [4.69, 9.17) is 5.11 Å². The zero-order valence-electron chi connectivity index (χ0n) is 6.75. The minimum Gasteiger partial charge on any atom is -0.396 e. The molecule has 0 bridgehead atoms. The van der Waals surface area contributed by atoms with Gasteiger partial charge in [0.1, 0.15) is 0 Å². The highest BCUT2D eigenvalue weighted by molar-refractivity contribution is 5.19. The second kappa shape index (κ2) is 4.09. The van der Waals surface area contributed by atoms with E-state index in [1.165, 1.54) is 5.56 Å². The van der Waals surface area contributed by atoms with Crippen LogP contribution < -0.4 is 0 Å². The molecule has 1 aromatic rings. The van der Waals surface area contributed by atoms with Crippen molar-refractivity contribution in [3.63, 3.8) is 0 Å². The maximum Gasteiger partial charge on any atom is 0.0486 e. The first kappa shape index (κ1) is 8.21. The summed E-state index contributed by atoms with van der Waals surface area (Å²) in [5.74, 6) is 0. The van der Waals surface area contributed by atoms with Crippen LogP contribution in [0.1, 0.15) is 18.2 Å². The van der Waals surface area contributed by atoms with Gasteiger partial charge in [0.2, 0.25) is 0 Å². The molecule has 0 spiro atoms. The van der Waals surface area contributed by atoms with Gasteiger partial charge in [-0.1, -0.05) is 13.0 Å². The first-order chi connectivity index (χ1) is 5.38. The molecule has 0 aromatic carbocycles. The maximum atomic E-state index is 8.70. The van der Waals surface area contributed by atoms with Crippen molar-refractivity contribution in [3.05, 3.63) is 29.6 Å².